The lowest BCUT2D eigenvalue weighted by atomic mass is 10.0. The largest absolute Gasteiger partial charge is 0.313 e. The predicted molar refractivity (Wildman–Crippen MR) is 340 cm³/mol. The molecule has 0 saturated carbocycles. The molecule has 0 N–H and O–H groups in total. The van der Waals surface area contributed by atoms with Gasteiger partial charge in [-0.2, -0.15) is 0 Å². The van der Waals surface area contributed by atoms with Crippen LogP contribution in [0.25, 0.3) is 155 Å². The molecule has 82 heavy (non-hydrogen) atoms. The lowest BCUT2D eigenvalue weighted by molar-refractivity contribution is 0.979. The molecule has 5 heterocycles. The number of rotatable bonds is 8. The third-order valence-corrected chi connectivity index (χ3v) is 16.9. The van der Waals surface area contributed by atoms with E-state index >= 15 is 0 Å². The summed E-state index contributed by atoms with van der Waals surface area (Å²) in [6.45, 7) is 0. The first kappa shape index (κ1) is 46.1. The number of hydrogen-bond acceptors (Lipinski definition) is 3. The van der Waals surface area contributed by atoms with Crippen molar-refractivity contribution in [2.45, 2.75) is 12.8 Å². The molecule has 7 nitrogen and oxygen atoms in total. The minimum absolute atomic E-state index is 0.599. The van der Waals surface area contributed by atoms with Crippen LogP contribution in [0.3, 0.4) is 0 Å². The maximum absolute atomic E-state index is 5.23. The van der Waals surface area contributed by atoms with Crippen molar-refractivity contribution in [2.24, 2.45) is 0 Å². The van der Waals surface area contributed by atoms with Gasteiger partial charge in [0.05, 0.1) is 55.5 Å². The van der Waals surface area contributed by atoms with Gasteiger partial charge in [0, 0.05) is 71.2 Å². The zero-order valence-corrected chi connectivity index (χ0v) is 44.5. The summed E-state index contributed by atoms with van der Waals surface area (Å²) in [6.07, 6.45) is 8.80. The van der Waals surface area contributed by atoms with Crippen molar-refractivity contribution in [1.82, 2.24) is 33.2 Å². The van der Waals surface area contributed by atoms with Crippen LogP contribution in [-0.2, 0) is 0 Å². The predicted octanol–water partition coefficient (Wildman–Crippen LogP) is 19.1. The van der Waals surface area contributed by atoms with Gasteiger partial charge in [-0.1, -0.05) is 182 Å². The van der Waals surface area contributed by atoms with Gasteiger partial charge in [-0.25, -0.2) is 15.0 Å². The third kappa shape index (κ3) is 7.13. The highest BCUT2D eigenvalue weighted by atomic mass is 15.1. The van der Waals surface area contributed by atoms with Crippen LogP contribution in [0.1, 0.15) is 12.8 Å². The van der Waals surface area contributed by atoms with Gasteiger partial charge in [-0.3, -0.25) is 0 Å². The second-order valence-electron chi connectivity index (χ2n) is 21.5. The summed E-state index contributed by atoms with van der Waals surface area (Å²) in [7, 11) is 0. The first-order chi connectivity index (χ1) is 40.7. The molecular weight excluding hydrogens is 999 g/mol. The summed E-state index contributed by atoms with van der Waals surface area (Å²) in [5.74, 6) is 1.84. The van der Waals surface area contributed by atoms with Gasteiger partial charge in [0.2, 0.25) is 0 Å². The summed E-state index contributed by atoms with van der Waals surface area (Å²) >= 11 is 0. The minimum atomic E-state index is 0.599. The maximum Gasteiger partial charge on any atom is 0.164 e. The van der Waals surface area contributed by atoms with E-state index in [9.17, 15) is 0 Å². The van der Waals surface area contributed by atoms with E-state index in [1.165, 1.54) is 71.1 Å². The molecule has 0 spiro atoms. The Hall–Kier alpha value is -10.9. The van der Waals surface area contributed by atoms with Crippen molar-refractivity contribution in [2.75, 3.05) is 0 Å². The van der Waals surface area contributed by atoms with Crippen LogP contribution in [0.2, 0.25) is 0 Å². The molecule has 0 radical (unpaired) electrons. The number of benzene rings is 11. The fraction of sp³-hybridized carbons (Fsp3) is 0.0267. The second-order valence-corrected chi connectivity index (χ2v) is 21.5. The van der Waals surface area contributed by atoms with Crippen molar-refractivity contribution < 1.29 is 0 Å². The Balaban J connectivity index is 0.854. The zero-order valence-electron chi connectivity index (χ0n) is 44.5. The Labute approximate surface area is 471 Å². The molecule has 16 aromatic rings. The SMILES string of the molecule is C1=CCCC(n2c3ccccc3c3ccc(-c4ccc5c(c4)c4ccccc4n5-c4ccc5c(c4)c4ccccc4n5-c4ccc(-c5nc(-c6ccccc6)nc(-c6ccccc6)n5)cc4-n4c5ccccc5c5ccccc54)cc32)=C1. The zero-order chi connectivity index (χ0) is 53.8. The summed E-state index contributed by atoms with van der Waals surface area (Å²) in [5, 5.41) is 9.71. The van der Waals surface area contributed by atoms with Crippen molar-refractivity contribution in [1.29, 1.82) is 0 Å². The van der Waals surface area contributed by atoms with Gasteiger partial charge in [0.25, 0.3) is 0 Å². The molecule has 0 amide bonds. The fourth-order valence-corrected chi connectivity index (χ4v) is 13.2. The number of allylic oxidation sites excluding steroid dienone is 4. The summed E-state index contributed by atoms with van der Waals surface area (Å²) in [5.41, 5.74) is 18.9. The Morgan fingerprint density at radius 3 is 1.28 bits per heavy atom. The highest BCUT2D eigenvalue weighted by Gasteiger charge is 2.24. The van der Waals surface area contributed by atoms with Crippen LogP contribution in [0.5, 0.6) is 0 Å². The van der Waals surface area contributed by atoms with Crippen molar-refractivity contribution in [3.05, 3.63) is 273 Å². The van der Waals surface area contributed by atoms with Gasteiger partial charge in [0.1, 0.15) is 0 Å². The van der Waals surface area contributed by atoms with E-state index in [-0.39, 0.29) is 0 Å². The van der Waals surface area contributed by atoms with Crippen LogP contribution in [0.15, 0.2) is 273 Å². The second kappa shape index (κ2) is 18.3. The van der Waals surface area contributed by atoms with Gasteiger partial charge in [-0.15, -0.1) is 0 Å². The number of para-hydroxylation sites is 5. The fourth-order valence-electron chi connectivity index (χ4n) is 13.2. The molecule has 1 aliphatic rings. The molecule has 0 fully saturated rings. The first-order valence-electron chi connectivity index (χ1n) is 28.2. The molecule has 384 valence electrons. The molecule has 17 rings (SSSR count). The number of fused-ring (bicyclic) bond motifs is 12. The molecule has 11 aromatic carbocycles. The quantitative estimate of drug-likeness (QED) is 0.152. The van der Waals surface area contributed by atoms with Crippen LogP contribution in [-0.4, -0.2) is 33.2 Å². The van der Waals surface area contributed by atoms with E-state index in [1.54, 1.807) is 0 Å². The Morgan fingerprint density at radius 1 is 0.268 bits per heavy atom. The molecule has 0 unspecified atom stereocenters. The Kier molecular flexibility index (Phi) is 10.3. The van der Waals surface area contributed by atoms with Gasteiger partial charge < -0.3 is 18.3 Å². The molecule has 7 heteroatoms. The summed E-state index contributed by atoms with van der Waals surface area (Å²) in [4.78, 5) is 15.5. The lowest BCUT2D eigenvalue weighted by Gasteiger charge is -2.18. The van der Waals surface area contributed by atoms with E-state index in [1.807, 2.05) is 36.4 Å². The molecule has 0 atom stereocenters. The minimum Gasteiger partial charge on any atom is -0.313 e. The van der Waals surface area contributed by atoms with Crippen LogP contribution in [0.4, 0.5) is 0 Å². The summed E-state index contributed by atoms with van der Waals surface area (Å²) < 4.78 is 9.80. The Bertz CT molecular complexity index is 5230. The number of aromatic nitrogens is 7. The number of hydrogen-bond donors (Lipinski definition) is 0. The number of nitrogens with zero attached hydrogens (tertiary/aromatic N) is 7. The molecule has 0 saturated heterocycles. The standard InChI is InChI=1S/C75H49N7/c1-4-20-48(21-5-1)73-76-74(49-22-6-2-7-23-49)78-75(77-73)52-38-42-70(72(46-52)82-65-33-17-11-26-55(65)56-27-12-18-34-66(56)82)81-67-35-19-14-30-59(67)62-47-54(39-43-69(62)81)80-64-32-16-13-29-58(64)61-44-50(37-41-68(61)80)51-36-40-60-57-28-10-15-31-63(57)79(71(60)45-51)53-24-8-3-9-25-53/h1-8,10-24,26-47H,9,25H2. The van der Waals surface area contributed by atoms with E-state index < -0.39 is 0 Å². The average Bonchev–Trinajstić information content (AvgIpc) is 3.78. The van der Waals surface area contributed by atoms with Crippen molar-refractivity contribution in [3.8, 4) is 62.4 Å². The average molecular weight is 1050 g/mol. The van der Waals surface area contributed by atoms with Crippen LogP contribution < -0.4 is 0 Å². The Morgan fingerprint density at radius 2 is 0.695 bits per heavy atom. The molecule has 1 aliphatic carbocycles. The van der Waals surface area contributed by atoms with Crippen LogP contribution >= 0.6 is 0 Å². The molecular formula is C75H49N7. The monoisotopic (exact) mass is 1050 g/mol. The maximum atomic E-state index is 5.23. The molecule has 0 bridgehead atoms. The molecule has 5 aromatic heterocycles. The highest BCUT2D eigenvalue weighted by molar-refractivity contribution is 6.15. The van der Waals surface area contributed by atoms with E-state index in [0.717, 1.165) is 79.6 Å². The highest BCUT2D eigenvalue weighted by Crippen LogP contribution is 2.43. The van der Waals surface area contributed by atoms with E-state index in [2.05, 4.69) is 255 Å². The smallest absolute Gasteiger partial charge is 0.164 e. The van der Waals surface area contributed by atoms with Gasteiger partial charge in [0.15, 0.2) is 17.5 Å². The molecule has 0 aliphatic heterocycles. The topological polar surface area (TPSA) is 58.4 Å². The van der Waals surface area contributed by atoms with Gasteiger partial charge >= 0.3 is 0 Å². The first-order valence-corrected chi connectivity index (χ1v) is 28.2. The third-order valence-electron chi connectivity index (χ3n) is 16.9. The normalized spacial score (nSPS) is 12.8. The van der Waals surface area contributed by atoms with Crippen molar-refractivity contribution in [3.63, 3.8) is 0 Å². The van der Waals surface area contributed by atoms with Gasteiger partial charge in [-0.05, 0) is 115 Å². The lowest BCUT2D eigenvalue weighted by Crippen LogP contribution is -2.05. The van der Waals surface area contributed by atoms with E-state index in [4.69, 9.17) is 15.0 Å². The van der Waals surface area contributed by atoms with Crippen molar-refractivity contribution >= 4 is 92.9 Å². The van der Waals surface area contributed by atoms with E-state index in [0.29, 0.717) is 17.5 Å². The van der Waals surface area contributed by atoms with Crippen LogP contribution in [0, 0.1) is 0 Å². The summed E-state index contributed by atoms with van der Waals surface area (Å²) in [6, 6.07) is 92.1.